The second-order valence-corrected chi connectivity index (χ2v) is 5.23. The van der Waals surface area contributed by atoms with Crippen LogP contribution in [0.5, 0.6) is 0 Å². The summed E-state index contributed by atoms with van der Waals surface area (Å²) in [7, 11) is 0. The van der Waals surface area contributed by atoms with Crippen LogP contribution in [0.4, 0.5) is 5.82 Å². The van der Waals surface area contributed by atoms with Gasteiger partial charge in [0, 0.05) is 30.9 Å². The van der Waals surface area contributed by atoms with Crippen molar-refractivity contribution in [3.8, 4) is 0 Å². The summed E-state index contributed by atoms with van der Waals surface area (Å²) >= 11 is 0. The summed E-state index contributed by atoms with van der Waals surface area (Å²) in [6.45, 7) is 5.41. The fourth-order valence-electron chi connectivity index (χ4n) is 2.43. The van der Waals surface area contributed by atoms with Gasteiger partial charge in [-0.15, -0.1) is 0 Å². The van der Waals surface area contributed by atoms with Crippen molar-refractivity contribution in [1.82, 2.24) is 4.98 Å². The van der Waals surface area contributed by atoms with Gasteiger partial charge in [-0.05, 0) is 32.8 Å². The summed E-state index contributed by atoms with van der Waals surface area (Å²) in [6, 6.07) is 3.88. The molecule has 2 heterocycles. The lowest BCUT2D eigenvalue weighted by atomic mass is 9.94. The van der Waals surface area contributed by atoms with E-state index in [1.807, 2.05) is 26.0 Å². The fourth-order valence-corrected chi connectivity index (χ4v) is 2.43. The zero-order valence-corrected chi connectivity index (χ0v) is 10.6. The molecule has 3 N–H and O–H groups in total. The van der Waals surface area contributed by atoms with Crippen molar-refractivity contribution in [2.24, 2.45) is 5.73 Å². The second kappa shape index (κ2) is 4.63. The molecule has 0 amide bonds. The lowest BCUT2D eigenvalue weighted by molar-refractivity contribution is 0.0446. The molecule has 1 aromatic rings. The highest BCUT2D eigenvalue weighted by molar-refractivity contribution is 5.49. The zero-order valence-electron chi connectivity index (χ0n) is 10.6. The number of aromatic nitrogens is 1. The largest absolute Gasteiger partial charge is 0.388 e. The quantitative estimate of drug-likeness (QED) is 0.814. The van der Waals surface area contributed by atoms with Gasteiger partial charge in [-0.2, -0.15) is 0 Å². The molecule has 4 nitrogen and oxygen atoms in total. The van der Waals surface area contributed by atoms with Crippen LogP contribution in [0.2, 0.25) is 0 Å². The number of pyridine rings is 1. The highest BCUT2D eigenvalue weighted by Gasteiger charge is 2.30. The number of hydrogen-bond acceptors (Lipinski definition) is 4. The Kier molecular flexibility index (Phi) is 3.35. The highest BCUT2D eigenvalue weighted by atomic mass is 16.3. The Bertz CT molecular complexity index is 390. The number of hydrogen-bond donors (Lipinski definition) is 2. The number of β-amino-alcohol motifs (C(OH)–C–C–N with tert-alkyl or cyclic N) is 1. The minimum Gasteiger partial charge on any atom is -0.388 e. The molecule has 0 radical (unpaired) electrons. The smallest absolute Gasteiger partial charge is 0.133 e. The molecule has 0 aromatic carbocycles. The van der Waals surface area contributed by atoms with Gasteiger partial charge in [0.2, 0.25) is 0 Å². The molecule has 1 aliphatic heterocycles. The van der Waals surface area contributed by atoms with Crippen molar-refractivity contribution in [2.45, 2.75) is 38.3 Å². The SMILES string of the molecule is C[C@H](N)c1cccnc1N1CCCC(C)(O)C1. The summed E-state index contributed by atoms with van der Waals surface area (Å²) < 4.78 is 0. The molecule has 0 spiro atoms. The maximum absolute atomic E-state index is 10.1. The molecule has 2 rings (SSSR count). The van der Waals surface area contributed by atoms with Crippen molar-refractivity contribution in [1.29, 1.82) is 0 Å². The lowest BCUT2D eigenvalue weighted by Crippen LogP contribution is -2.46. The third-order valence-corrected chi connectivity index (χ3v) is 3.28. The van der Waals surface area contributed by atoms with Crippen molar-refractivity contribution in [2.75, 3.05) is 18.0 Å². The number of aliphatic hydroxyl groups is 1. The predicted molar refractivity (Wildman–Crippen MR) is 68.9 cm³/mol. The maximum atomic E-state index is 10.1. The number of nitrogens with zero attached hydrogens (tertiary/aromatic N) is 2. The number of anilines is 1. The van der Waals surface area contributed by atoms with Gasteiger partial charge in [0.15, 0.2) is 0 Å². The summed E-state index contributed by atoms with van der Waals surface area (Å²) in [6.07, 6.45) is 3.62. The predicted octanol–water partition coefficient (Wildman–Crippen LogP) is 1.45. The van der Waals surface area contributed by atoms with E-state index in [-0.39, 0.29) is 6.04 Å². The van der Waals surface area contributed by atoms with E-state index in [0.29, 0.717) is 6.54 Å². The Morgan fingerprint density at radius 3 is 3.00 bits per heavy atom. The minimum absolute atomic E-state index is 0.0365. The molecule has 0 bridgehead atoms. The first-order valence-corrected chi connectivity index (χ1v) is 6.17. The molecular weight excluding hydrogens is 214 g/mol. The van der Waals surface area contributed by atoms with E-state index in [4.69, 9.17) is 5.73 Å². The Balaban J connectivity index is 2.27. The first-order chi connectivity index (χ1) is 7.99. The van der Waals surface area contributed by atoms with Crippen LogP contribution in [0.15, 0.2) is 18.3 Å². The van der Waals surface area contributed by atoms with Crippen molar-refractivity contribution < 1.29 is 5.11 Å². The Hall–Kier alpha value is -1.13. The summed E-state index contributed by atoms with van der Waals surface area (Å²) in [5.41, 5.74) is 6.39. The first kappa shape index (κ1) is 12.3. The Labute approximate surface area is 102 Å². The first-order valence-electron chi connectivity index (χ1n) is 6.17. The maximum Gasteiger partial charge on any atom is 0.133 e. The van der Waals surface area contributed by atoms with Crippen molar-refractivity contribution in [3.05, 3.63) is 23.9 Å². The molecule has 1 fully saturated rings. The van der Waals surface area contributed by atoms with Crippen LogP contribution in [-0.4, -0.2) is 28.8 Å². The van der Waals surface area contributed by atoms with Crippen LogP contribution in [0.25, 0.3) is 0 Å². The van der Waals surface area contributed by atoms with Gasteiger partial charge in [-0.25, -0.2) is 4.98 Å². The van der Waals surface area contributed by atoms with Gasteiger partial charge in [0.05, 0.1) is 5.60 Å². The molecule has 17 heavy (non-hydrogen) atoms. The summed E-state index contributed by atoms with van der Waals surface area (Å²) in [4.78, 5) is 6.57. The third kappa shape index (κ3) is 2.76. The van der Waals surface area contributed by atoms with E-state index in [1.165, 1.54) is 0 Å². The van der Waals surface area contributed by atoms with Gasteiger partial charge >= 0.3 is 0 Å². The van der Waals surface area contributed by atoms with Crippen LogP contribution >= 0.6 is 0 Å². The molecule has 4 heteroatoms. The van der Waals surface area contributed by atoms with E-state index in [0.717, 1.165) is 30.8 Å². The van der Waals surface area contributed by atoms with E-state index < -0.39 is 5.60 Å². The Morgan fingerprint density at radius 2 is 2.35 bits per heavy atom. The Morgan fingerprint density at radius 1 is 1.59 bits per heavy atom. The summed E-state index contributed by atoms with van der Waals surface area (Å²) in [5, 5.41) is 10.1. The fraction of sp³-hybridized carbons (Fsp3) is 0.615. The molecule has 94 valence electrons. The average molecular weight is 235 g/mol. The van der Waals surface area contributed by atoms with Crippen molar-refractivity contribution in [3.63, 3.8) is 0 Å². The van der Waals surface area contributed by atoms with E-state index >= 15 is 0 Å². The highest BCUT2D eigenvalue weighted by Crippen LogP contribution is 2.28. The minimum atomic E-state index is -0.620. The molecular formula is C13H21N3O. The molecule has 1 unspecified atom stereocenters. The zero-order chi connectivity index (χ0) is 12.5. The molecule has 0 saturated carbocycles. The van der Waals surface area contributed by atoms with E-state index in [1.54, 1.807) is 6.20 Å². The average Bonchev–Trinajstić information content (AvgIpc) is 2.27. The topological polar surface area (TPSA) is 62.4 Å². The molecule has 1 saturated heterocycles. The molecule has 1 aromatic heterocycles. The van der Waals surface area contributed by atoms with E-state index in [2.05, 4.69) is 9.88 Å². The molecule has 0 aliphatic carbocycles. The van der Waals surface area contributed by atoms with Crippen LogP contribution < -0.4 is 10.6 Å². The second-order valence-electron chi connectivity index (χ2n) is 5.23. The van der Waals surface area contributed by atoms with Gasteiger partial charge in [0.1, 0.15) is 5.82 Å². The van der Waals surface area contributed by atoms with Gasteiger partial charge in [-0.1, -0.05) is 6.07 Å². The van der Waals surface area contributed by atoms with Gasteiger partial charge in [-0.3, -0.25) is 0 Å². The van der Waals surface area contributed by atoms with Crippen LogP contribution in [0, 0.1) is 0 Å². The monoisotopic (exact) mass is 235 g/mol. The van der Waals surface area contributed by atoms with E-state index in [9.17, 15) is 5.11 Å². The van der Waals surface area contributed by atoms with Gasteiger partial charge < -0.3 is 15.7 Å². The number of nitrogens with two attached hydrogens (primary N) is 1. The summed E-state index contributed by atoms with van der Waals surface area (Å²) in [5.74, 6) is 0.919. The van der Waals surface area contributed by atoms with Crippen LogP contribution in [0.1, 0.15) is 38.3 Å². The molecule has 2 atom stereocenters. The van der Waals surface area contributed by atoms with Gasteiger partial charge in [0.25, 0.3) is 0 Å². The third-order valence-electron chi connectivity index (χ3n) is 3.28. The number of piperidine rings is 1. The van der Waals surface area contributed by atoms with Crippen LogP contribution in [0.3, 0.4) is 0 Å². The molecule has 1 aliphatic rings. The lowest BCUT2D eigenvalue weighted by Gasteiger charge is -2.38. The van der Waals surface area contributed by atoms with Crippen LogP contribution in [-0.2, 0) is 0 Å². The normalized spacial score (nSPS) is 26.9. The standard InChI is InChI=1S/C13H21N3O/c1-10(14)11-5-3-7-15-12(11)16-8-4-6-13(2,17)9-16/h3,5,7,10,17H,4,6,8-9,14H2,1-2H3/t10-,13?/m0/s1. The number of rotatable bonds is 2. The van der Waals surface area contributed by atoms with Crippen molar-refractivity contribution >= 4 is 5.82 Å².